The predicted molar refractivity (Wildman–Crippen MR) is 77.4 cm³/mol. The van der Waals surface area contributed by atoms with E-state index < -0.39 is 22.3 Å². The van der Waals surface area contributed by atoms with Crippen LogP contribution >= 0.6 is 11.6 Å². The van der Waals surface area contributed by atoms with E-state index in [2.05, 4.69) is 10.2 Å². The van der Waals surface area contributed by atoms with Gasteiger partial charge in [-0.15, -0.1) is 10.2 Å². The van der Waals surface area contributed by atoms with Crippen molar-refractivity contribution in [3.05, 3.63) is 44.9 Å². The minimum absolute atomic E-state index is 0.0878. The summed E-state index contributed by atoms with van der Waals surface area (Å²) in [5.74, 6) is 1.28. The average molecular weight is 347 g/mol. The van der Waals surface area contributed by atoms with Crippen LogP contribution in [0.25, 0.3) is 0 Å². The summed E-state index contributed by atoms with van der Waals surface area (Å²) in [6.45, 7) is 0.620. The van der Waals surface area contributed by atoms with Gasteiger partial charge in [0.2, 0.25) is 0 Å². The van der Waals surface area contributed by atoms with E-state index in [4.69, 9.17) is 11.6 Å². The Morgan fingerprint density at radius 3 is 2.74 bits per heavy atom. The van der Waals surface area contributed by atoms with Crippen molar-refractivity contribution >= 4 is 11.6 Å². The lowest BCUT2D eigenvalue weighted by Crippen LogP contribution is -2.25. The van der Waals surface area contributed by atoms with Gasteiger partial charge in [0, 0.05) is 19.2 Å². The number of pyridine rings is 1. The first kappa shape index (κ1) is 16.0. The highest BCUT2D eigenvalue weighted by Gasteiger charge is 2.32. The quantitative estimate of drug-likeness (QED) is 0.840. The van der Waals surface area contributed by atoms with Gasteiger partial charge in [-0.05, 0) is 18.9 Å². The summed E-state index contributed by atoms with van der Waals surface area (Å²) in [7, 11) is 0. The fourth-order valence-corrected chi connectivity index (χ4v) is 2.91. The smallest absolute Gasteiger partial charge is 0.313 e. The molecule has 0 radical (unpaired) electrons. The molecule has 3 heterocycles. The van der Waals surface area contributed by atoms with Crippen LogP contribution in [0.5, 0.6) is 0 Å². The van der Waals surface area contributed by atoms with E-state index in [9.17, 15) is 18.0 Å². The van der Waals surface area contributed by atoms with Crippen LogP contribution in [0.2, 0.25) is 5.02 Å². The molecular formula is C14H14ClF3N4O. The van der Waals surface area contributed by atoms with Gasteiger partial charge in [-0.25, -0.2) is 0 Å². The van der Waals surface area contributed by atoms with Crippen LogP contribution < -0.4 is 5.56 Å². The lowest BCUT2D eigenvalue weighted by Gasteiger charge is -2.12. The molecule has 2 aromatic rings. The van der Waals surface area contributed by atoms with Crippen molar-refractivity contribution in [2.24, 2.45) is 0 Å². The second-order valence-electron chi connectivity index (χ2n) is 5.50. The molecule has 3 rings (SSSR count). The highest BCUT2D eigenvalue weighted by Crippen LogP contribution is 2.29. The zero-order valence-corrected chi connectivity index (χ0v) is 12.9. The van der Waals surface area contributed by atoms with Gasteiger partial charge < -0.3 is 9.13 Å². The molecule has 0 saturated heterocycles. The molecule has 0 fully saturated rings. The average Bonchev–Trinajstić information content (AvgIpc) is 2.70. The van der Waals surface area contributed by atoms with Gasteiger partial charge in [0.05, 0.1) is 12.1 Å². The Labute approximate surface area is 134 Å². The van der Waals surface area contributed by atoms with Crippen molar-refractivity contribution in [1.29, 1.82) is 0 Å². The maximum Gasteiger partial charge on any atom is 0.417 e. The normalized spacial score (nSPS) is 15.3. The van der Waals surface area contributed by atoms with Crippen LogP contribution in [-0.2, 0) is 25.7 Å². The maximum atomic E-state index is 12.9. The topological polar surface area (TPSA) is 52.7 Å². The second-order valence-corrected chi connectivity index (χ2v) is 5.91. The van der Waals surface area contributed by atoms with Crippen molar-refractivity contribution in [1.82, 2.24) is 19.3 Å². The van der Waals surface area contributed by atoms with Crippen LogP contribution in [-0.4, -0.2) is 19.3 Å². The fourth-order valence-electron chi connectivity index (χ4n) is 2.69. The van der Waals surface area contributed by atoms with Gasteiger partial charge in [-0.3, -0.25) is 4.79 Å². The maximum absolute atomic E-state index is 12.9. The molecular weight excluding hydrogens is 333 g/mol. The fraction of sp³-hybridized carbons (Fsp3) is 0.500. The van der Waals surface area contributed by atoms with Crippen molar-refractivity contribution in [3.8, 4) is 0 Å². The van der Waals surface area contributed by atoms with Crippen LogP contribution in [0.15, 0.2) is 17.1 Å². The Balaban J connectivity index is 1.99. The number of halogens is 4. The van der Waals surface area contributed by atoms with Crippen LogP contribution in [0.3, 0.4) is 0 Å². The number of alkyl halides is 3. The first-order chi connectivity index (χ1) is 10.9. The molecule has 5 nitrogen and oxygen atoms in total. The Kier molecular flexibility index (Phi) is 4.18. The van der Waals surface area contributed by atoms with E-state index in [0.717, 1.165) is 42.3 Å². The Morgan fingerprint density at radius 2 is 2.00 bits per heavy atom. The molecule has 0 amide bonds. The molecule has 0 bridgehead atoms. The molecule has 1 aliphatic heterocycles. The van der Waals surface area contributed by atoms with Crippen molar-refractivity contribution in [2.45, 2.75) is 44.9 Å². The van der Waals surface area contributed by atoms with Crippen molar-refractivity contribution in [2.75, 3.05) is 0 Å². The van der Waals surface area contributed by atoms with Gasteiger partial charge in [0.1, 0.15) is 10.8 Å². The van der Waals surface area contributed by atoms with E-state index in [0.29, 0.717) is 18.4 Å². The number of aromatic nitrogens is 4. The van der Waals surface area contributed by atoms with E-state index >= 15 is 0 Å². The highest BCUT2D eigenvalue weighted by atomic mass is 35.5. The summed E-state index contributed by atoms with van der Waals surface area (Å²) in [6, 6.07) is 0.644. The Bertz CT molecular complexity index is 781. The van der Waals surface area contributed by atoms with Crippen LogP contribution in [0.1, 0.15) is 36.5 Å². The SMILES string of the molecule is O=c1c(Cl)cc(C(F)(F)F)cn1Cc1nnc2n1CCCCC2. The zero-order valence-electron chi connectivity index (χ0n) is 12.1. The van der Waals surface area contributed by atoms with E-state index in [1.807, 2.05) is 4.57 Å². The van der Waals surface area contributed by atoms with Crippen molar-refractivity contribution in [3.63, 3.8) is 0 Å². The minimum Gasteiger partial charge on any atom is -0.313 e. The Hall–Kier alpha value is -1.83. The molecule has 124 valence electrons. The third-order valence-electron chi connectivity index (χ3n) is 3.87. The molecule has 0 aromatic carbocycles. The number of rotatable bonds is 2. The standard InChI is InChI=1S/C14H14ClF3N4O/c15-10-6-9(14(16,17)18)7-21(13(10)23)8-12-20-19-11-4-2-1-3-5-22(11)12/h6-7H,1-5,8H2. The van der Waals surface area contributed by atoms with E-state index in [-0.39, 0.29) is 6.54 Å². The van der Waals surface area contributed by atoms with Crippen LogP contribution in [0.4, 0.5) is 13.2 Å². The minimum atomic E-state index is -4.57. The van der Waals surface area contributed by atoms with Gasteiger partial charge in [0.25, 0.3) is 5.56 Å². The molecule has 2 aromatic heterocycles. The number of hydrogen-bond donors (Lipinski definition) is 0. The van der Waals surface area contributed by atoms with E-state index in [1.54, 1.807) is 0 Å². The molecule has 23 heavy (non-hydrogen) atoms. The van der Waals surface area contributed by atoms with E-state index in [1.165, 1.54) is 0 Å². The van der Waals surface area contributed by atoms with Gasteiger partial charge >= 0.3 is 6.18 Å². The van der Waals surface area contributed by atoms with Crippen molar-refractivity contribution < 1.29 is 13.2 Å². The highest BCUT2D eigenvalue weighted by molar-refractivity contribution is 6.30. The van der Waals surface area contributed by atoms with Gasteiger partial charge in [-0.2, -0.15) is 13.2 Å². The van der Waals surface area contributed by atoms with Gasteiger partial charge in [0.15, 0.2) is 5.82 Å². The zero-order chi connectivity index (χ0) is 16.6. The third-order valence-corrected chi connectivity index (χ3v) is 4.14. The first-order valence-electron chi connectivity index (χ1n) is 7.24. The number of nitrogens with zero attached hydrogens (tertiary/aromatic N) is 4. The molecule has 0 saturated carbocycles. The molecule has 0 aliphatic carbocycles. The molecule has 0 atom stereocenters. The predicted octanol–water partition coefficient (Wildman–Crippen LogP) is 2.89. The summed E-state index contributed by atoms with van der Waals surface area (Å²) < 4.78 is 41.5. The third kappa shape index (κ3) is 3.26. The molecule has 0 unspecified atom stereocenters. The number of hydrogen-bond acceptors (Lipinski definition) is 3. The van der Waals surface area contributed by atoms with Crippen LogP contribution in [0, 0.1) is 0 Å². The molecule has 0 N–H and O–H groups in total. The summed E-state index contributed by atoms with van der Waals surface area (Å²) in [4.78, 5) is 12.0. The lowest BCUT2D eigenvalue weighted by atomic mass is 10.2. The number of aryl methyl sites for hydroxylation is 1. The largest absolute Gasteiger partial charge is 0.417 e. The Morgan fingerprint density at radius 1 is 1.22 bits per heavy atom. The van der Waals surface area contributed by atoms with Gasteiger partial charge in [-0.1, -0.05) is 18.0 Å². The summed E-state index contributed by atoms with van der Waals surface area (Å²) in [6.07, 6.45) is 0.0144. The monoisotopic (exact) mass is 346 g/mol. The lowest BCUT2D eigenvalue weighted by molar-refractivity contribution is -0.138. The molecule has 1 aliphatic rings. The first-order valence-corrected chi connectivity index (χ1v) is 7.62. The number of fused-ring (bicyclic) bond motifs is 1. The summed E-state index contributed by atoms with van der Waals surface area (Å²) in [5, 5.41) is 7.64. The summed E-state index contributed by atoms with van der Waals surface area (Å²) >= 11 is 5.66. The molecule has 0 spiro atoms. The second kappa shape index (κ2) is 5.99. The summed E-state index contributed by atoms with van der Waals surface area (Å²) in [5.41, 5.74) is -1.64. The molecule has 9 heteroatoms.